The zero-order valence-corrected chi connectivity index (χ0v) is 15.3. The van der Waals surface area contributed by atoms with Crippen LogP contribution in [-0.4, -0.2) is 86.8 Å². The van der Waals surface area contributed by atoms with Crippen molar-refractivity contribution >= 4 is 28.3 Å². The summed E-state index contributed by atoms with van der Waals surface area (Å²) in [7, 11) is 2.16. The van der Waals surface area contributed by atoms with Gasteiger partial charge in [-0.2, -0.15) is 5.10 Å². The Kier molecular flexibility index (Phi) is 4.87. The quantitative estimate of drug-likeness (QED) is 0.622. The molecule has 1 aliphatic heterocycles. The van der Waals surface area contributed by atoms with Gasteiger partial charge in [0.1, 0.15) is 5.82 Å². The summed E-state index contributed by atoms with van der Waals surface area (Å²) < 4.78 is 1.53. The van der Waals surface area contributed by atoms with Gasteiger partial charge in [-0.1, -0.05) is 0 Å². The number of hydrogen-bond acceptors (Lipinski definition) is 7. The SMILES string of the molecule is CN1CCN(CCCNc2nc3cc(C(=O)O)nn3c3cnccc23)CC1. The lowest BCUT2D eigenvalue weighted by Gasteiger charge is -2.32. The van der Waals surface area contributed by atoms with E-state index in [9.17, 15) is 9.90 Å². The maximum Gasteiger partial charge on any atom is 0.356 e. The van der Waals surface area contributed by atoms with Crippen LogP contribution in [0, 0.1) is 0 Å². The predicted molar refractivity (Wildman–Crippen MR) is 102 cm³/mol. The van der Waals surface area contributed by atoms with Crippen molar-refractivity contribution in [1.82, 2.24) is 29.4 Å². The van der Waals surface area contributed by atoms with E-state index in [1.807, 2.05) is 6.07 Å². The normalized spacial score (nSPS) is 16.2. The number of rotatable bonds is 6. The van der Waals surface area contributed by atoms with Gasteiger partial charge >= 0.3 is 5.97 Å². The van der Waals surface area contributed by atoms with Crippen LogP contribution in [0.3, 0.4) is 0 Å². The third-order valence-corrected chi connectivity index (χ3v) is 4.96. The second-order valence-corrected chi connectivity index (χ2v) is 6.88. The van der Waals surface area contributed by atoms with Crippen LogP contribution in [0.1, 0.15) is 16.9 Å². The smallest absolute Gasteiger partial charge is 0.356 e. The molecule has 0 amide bonds. The lowest BCUT2D eigenvalue weighted by molar-refractivity contribution is 0.0690. The number of carboxylic acid groups (broad SMARTS) is 1. The van der Waals surface area contributed by atoms with Crippen LogP contribution in [0.4, 0.5) is 5.82 Å². The molecule has 3 aromatic rings. The number of nitrogens with zero attached hydrogens (tertiary/aromatic N) is 6. The largest absolute Gasteiger partial charge is 0.476 e. The Labute approximate surface area is 156 Å². The average molecular weight is 369 g/mol. The Hall–Kier alpha value is -2.78. The van der Waals surface area contributed by atoms with Gasteiger partial charge < -0.3 is 20.2 Å². The molecule has 27 heavy (non-hydrogen) atoms. The van der Waals surface area contributed by atoms with Crippen molar-refractivity contribution in [3.63, 3.8) is 0 Å². The lowest BCUT2D eigenvalue weighted by Crippen LogP contribution is -2.44. The Bertz CT molecular complexity index is 963. The Balaban J connectivity index is 1.49. The molecular formula is C18H23N7O2. The number of aromatic carboxylic acids is 1. The number of carboxylic acids is 1. The van der Waals surface area contributed by atoms with E-state index in [1.54, 1.807) is 12.4 Å². The van der Waals surface area contributed by atoms with Crippen molar-refractivity contribution in [2.24, 2.45) is 0 Å². The standard InChI is InChI=1S/C18H23N7O2/c1-23-7-9-24(10-8-23)6-2-4-20-17-13-3-5-19-12-15(13)25-16(21-17)11-14(22-25)18(26)27/h3,5,11-12H,2,4,6-10H2,1H3,(H,20,21)(H,26,27). The second-order valence-electron chi connectivity index (χ2n) is 6.88. The molecule has 0 aliphatic carbocycles. The molecule has 1 aliphatic rings. The maximum atomic E-state index is 11.2. The predicted octanol–water partition coefficient (Wildman–Crippen LogP) is 1.03. The van der Waals surface area contributed by atoms with E-state index in [1.165, 1.54) is 10.6 Å². The number of likely N-dealkylation sites (N-methyl/N-ethyl adjacent to an activating group) is 1. The summed E-state index contributed by atoms with van der Waals surface area (Å²) in [5.41, 5.74) is 1.20. The fraction of sp³-hybridized carbons (Fsp3) is 0.444. The molecule has 1 saturated heterocycles. The molecule has 0 spiro atoms. The van der Waals surface area contributed by atoms with Crippen molar-refractivity contribution in [3.05, 3.63) is 30.2 Å². The second kappa shape index (κ2) is 7.45. The van der Waals surface area contributed by atoms with Gasteiger partial charge in [-0.3, -0.25) is 4.98 Å². The molecular weight excluding hydrogens is 346 g/mol. The van der Waals surface area contributed by atoms with Crippen LogP contribution < -0.4 is 5.32 Å². The molecule has 4 rings (SSSR count). The topological polar surface area (TPSA) is 98.9 Å². The molecule has 0 aromatic carbocycles. The molecule has 142 valence electrons. The highest BCUT2D eigenvalue weighted by Crippen LogP contribution is 2.22. The number of anilines is 1. The first-order valence-corrected chi connectivity index (χ1v) is 9.13. The first-order valence-electron chi connectivity index (χ1n) is 9.13. The Morgan fingerprint density at radius 3 is 2.89 bits per heavy atom. The first kappa shape index (κ1) is 17.6. The van der Waals surface area contributed by atoms with Crippen LogP contribution in [-0.2, 0) is 0 Å². The minimum absolute atomic E-state index is 0.0279. The molecule has 9 heteroatoms. The molecule has 0 atom stereocenters. The van der Waals surface area contributed by atoms with Gasteiger partial charge in [0.25, 0.3) is 0 Å². The number of pyridine rings is 1. The fourth-order valence-electron chi connectivity index (χ4n) is 3.38. The molecule has 4 heterocycles. The summed E-state index contributed by atoms with van der Waals surface area (Å²) in [6, 6.07) is 3.34. The first-order chi connectivity index (χ1) is 13.1. The third kappa shape index (κ3) is 3.69. The van der Waals surface area contributed by atoms with E-state index in [2.05, 4.69) is 37.2 Å². The molecule has 1 fully saturated rings. The monoisotopic (exact) mass is 369 g/mol. The van der Waals surface area contributed by atoms with Gasteiger partial charge in [0.15, 0.2) is 11.3 Å². The molecule has 0 radical (unpaired) electrons. The zero-order chi connectivity index (χ0) is 18.8. The van der Waals surface area contributed by atoms with Gasteiger partial charge in [0.05, 0.1) is 11.7 Å². The van der Waals surface area contributed by atoms with E-state index in [0.29, 0.717) is 5.65 Å². The van der Waals surface area contributed by atoms with E-state index in [0.717, 1.165) is 62.4 Å². The van der Waals surface area contributed by atoms with Crippen molar-refractivity contribution in [1.29, 1.82) is 0 Å². The van der Waals surface area contributed by atoms with E-state index >= 15 is 0 Å². The summed E-state index contributed by atoms with van der Waals surface area (Å²) >= 11 is 0. The van der Waals surface area contributed by atoms with Crippen LogP contribution in [0.2, 0.25) is 0 Å². The Morgan fingerprint density at radius 1 is 1.30 bits per heavy atom. The van der Waals surface area contributed by atoms with Gasteiger partial charge in [-0.25, -0.2) is 14.3 Å². The van der Waals surface area contributed by atoms with Crippen molar-refractivity contribution < 1.29 is 9.90 Å². The number of nitrogens with one attached hydrogen (secondary N) is 1. The molecule has 9 nitrogen and oxygen atoms in total. The van der Waals surface area contributed by atoms with Gasteiger partial charge in [-0.05, 0) is 26.1 Å². The highest BCUT2D eigenvalue weighted by atomic mass is 16.4. The van der Waals surface area contributed by atoms with Crippen molar-refractivity contribution in [2.45, 2.75) is 6.42 Å². The van der Waals surface area contributed by atoms with Crippen LogP contribution in [0.15, 0.2) is 24.5 Å². The summed E-state index contributed by atoms with van der Waals surface area (Å²) in [5, 5.41) is 17.6. The average Bonchev–Trinajstić information content (AvgIpc) is 3.11. The summed E-state index contributed by atoms with van der Waals surface area (Å²) in [6.07, 6.45) is 4.40. The van der Waals surface area contributed by atoms with E-state index < -0.39 is 5.97 Å². The van der Waals surface area contributed by atoms with Crippen LogP contribution in [0.5, 0.6) is 0 Å². The maximum absolute atomic E-state index is 11.2. The zero-order valence-electron chi connectivity index (χ0n) is 15.3. The molecule has 0 saturated carbocycles. The molecule has 0 unspecified atom stereocenters. The summed E-state index contributed by atoms with van der Waals surface area (Å²) in [5.74, 6) is -0.339. The van der Waals surface area contributed by atoms with Gasteiger partial charge in [0, 0.05) is 50.4 Å². The van der Waals surface area contributed by atoms with Gasteiger partial charge in [0.2, 0.25) is 0 Å². The highest BCUT2D eigenvalue weighted by molar-refractivity contribution is 5.92. The minimum atomic E-state index is -1.07. The van der Waals surface area contributed by atoms with E-state index in [-0.39, 0.29) is 5.69 Å². The van der Waals surface area contributed by atoms with Crippen LogP contribution >= 0.6 is 0 Å². The highest BCUT2D eigenvalue weighted by Gasteiger charge is 2.15. The molecule has 3 aromatic heterocycles. The van der Waals surface area contributed by atoms with Crippen molar-refractivity contribution in [3.8, 4) is 0 Å². The van der Waals surface area contributed by atoms with Gasteiger partial charge in [-0.15, -0.1) is 0 Å². The minimum Gasteiger partial charge on any atom is -0.476 e. The molecule has 2 N–H and O–H groups in total. The molecule has 0 bridgehead atoms. The summed E-state index contributed by atoms with van der Waals surface area (Å²) in [6.45, 7) is 6.32. The fourth-order valence-corrected chi connectivity index (χ4v) is 3.38. The Morgan fingerprint density at radius 2 is 2.11 bits per heavy atom. The lowest BCUT2D eigenvalue weighted by atomic mass is 10.2. The third-order valence-electron chi connectivity index (χ3n) is 4.96. The summed E-state index contributed by atoms with van der Waals surface area (Å²) in [4.78, 5) is 24.8. The number of fused-ring (bicyclic) bond motifs is 3. The number of carbonyl (C=O) groups is 1. The van der Waals surface area contributed by atoms with Crippen LogP contribution in [0.25, 0.3) is 16.6 Å². The number of hydrogen-bond donors (Lipinski definition) is 2. The number of aromatic nitrogens is 4. The van der Waals surface area contributed by atoms with Crippen molar-refractivity contribution in [2.75, 3.05) is 51.6 Å². The number of piperazine rings is 1. The van der Waals surface area contributed by atoms with E-state index in [4.69, 9.17) is 0 Å².